The SMILES string of the molecule is Cc1cc(C)c(NC(=O)c2cnc(Cl)c(Cl)c2)c(C)c1. The summed E-state index contributed by atoms with van der Waals surface area (Å²) in [5.74, 6) is -0.258. The second-order valence-electron chi connectivity index (χ2n) is 4.72. The molecule has 0 saturated heterocycles. The highest BCUT2D eigenvalue weighted by molar-refractivity contribution is 6.41. The van der Waals surface area contributed by atoms with Crippen LogP contribution in [-0.2, 0) is 0 Å². The first-order chi connectivity index (χ1) is 9.38. The fourth-order valence-electron chi connectivity index (χ4n) is 2.11. The number of pyridine rings is 1. The third kappa shape index (κ3) is 3.11. The number of aromatic nitrogens is 1. The zero-order valence-electron chi connectivity index (χ0n) is 11.4. The van der Waals surface area contributed by atoms with E-state index in [1.165, 1.54) is 12.3 Å². The van der Waals surface area contributed by atoms with Gasteiger partial charge in [-0.15, -0.1) is 0 Å². The van der Waals surface area contributed by atoms with E-state index in [-0.39, 0.29) is 16.1 Å². The van der Waals surface area contributed by atoms with Gasteiger partial charge in [-0.3, -0.25) is 4.79 Å². The number of aryl methyl sites for hydroxylation is 3. The quantitative estimate of drug-likeness (QED) is 0.826. The van der Waals surface area contributed by atoms with E-state index >= 15 is 0 Å². The number of nitrogens with zero attached hydrogens (tertiary/aromatic N) is 1. The van der Waals surface area contributed by atoms with Crippen molar-refractivity contribution in [3.8, 4) is 0 Å². The van der Waals surface area contributed by atoms with Crippen molar-refractivity contribution in [2.24, 2.45) is 0 Å². The highest BCUT2D eigenvalue weighted by Crippen LogP contribution is 2.24. The zero-order chi connectivity index (χ0) is 14.9. The molecule has 3 nitrogen and oxygen atoms in total. The van der Waals surface area contributed by atoms with Gasteiger partial charge in [0.2, 0.25) is 0 Å². The number of benzene rings is 1. The van der Waals surface area contributed by atoms with Gasteiger partial charge in [0.1, 0.15) is 5.15 Å². The maximum atomic E-state index is 12.2. The Morgan fingerprint density at radius 3 is 2.25 bits per heavy atom. The molecule has 0 aliphatic heterocycles. The number of anilines is 1. The molecule has 0 fully saturated rings. The molecule has 1 N–H and O–H groups in total. The van der Waals surface area contributed by atoms with Crippen LogP contribution in [-0.4, -0.2) is 10.9 Å². The van der Waals surface area contributed by atoms with Gasteiger partial charge in [0.05, 0.1) is 10.6 Å². The van der Waals surface area contributed by atoms with Crippen molar-refractivity contribution < 1.29 is 4.79 Å². The summed E-state index contributed by atoms with van der Waals surface area (Å²) in [6.07, 6.45) is 1.41. The number of hydrogen-bond donors (Lipinski definition) is 1. The Morgan fingerprint density at radius 2 is 1.70 bits per heavy atom. The lowest BCUT2D eigenvalue weighted by Crippen LogP contribution is -2.14. The molecule has 104 valence electrons. The monoisotopic (exact) mass is 308 g/mol. The summed E-state index contributed by atoms with van der Waals surface area (Å²) in [5.41, 5.74) is 4.38. The van der Waals surface area contributed by atoms with E-state index in [9.17, 15) is 4.79 Å². The first-order valence-electron chi connectivity index (χ1n) is 6.08. The molecule has 0 aliphatic carbocycles. The molecule has 1 amide bonds. The van der Waals surface area contributed by atoms with E-state index in [1.54, 1.807) is 0 Å². The highest BCUT2D eigenvalue weighted by Gasteiger charge is 2.12. The smallest absolute Gasteiger partial charge is 0.257 e. The molecule has 0 radical (unpaired) electrons. The fraction of sp³-hybridized carbons (Fsp3) is 0.200. The third-order valence-electron chi connectivity index (χ3n) is 2.97. The Balaban J connectivity index is 2.30. The summed E-state index contributed by atoms with van der Waals surface area (Å²) < 4.78 is 0. The normalized spacial score (nSPS) is 10.4. The van der Waals surface area contributed by atoms with Crippen LogP contribution >= 0.6 is 23.2 Å². The van der Waals surface area contributed by atoms with Gasteiger partial charge in [0.15, 0.2) is 0 Å². The molecular weight excluding hydrogens is 295 g/mol. The summed E-state index contributed by atoms with van der Waals surface area (Å²) in [6, 6.07) is 5.55. The summed E-state index contributed by atoms with van der Waals surface area (Å²) in [7, 11) is 0. The van der Waals surface area contributed by atoms with Gasteiger partial charge in [0, 0.05) is 11.9 Å². The average Bonchev–Trinajstić information content (AvgIpc) is 2.36. The summed E-state index contributed by atoms with van der Waals surface area (Å²) in [4.78, 5) is 16.1. The van der Waals surface area contributed by atoms with E-state index in [2.05, 4.69) is 10.3 Å². The van der Waals surface area contributed by atoms with Gasteiger partial charge >= 0.3 is 0 Å². The Hall–Kier alpha value is -1.58. The molecule has 5 heteroatoms. The Labute approximate surface area is 127 Å². The average molecular weight is 309 g/mol. The highest BCUT2D eigenvalue weighted by atomic mass is 35.5. The number of carbonyl (C=O) groups excluding carboxylic acids is 1. The van der Waals surface area contributed by atoms with Crippen LogP contribution in [0.25, 0.3) is 0 Å². The first-order valence-corrected chi connectivity index (χ1v) is 6.84. The number of nitrogens with one attached hydrogen (secondary N) is 1. The number of halogens is 2. The van der Waals surface area contributed by atoms with Gasteiger partial charge in [-0.2, -0.15) is 0 Å². The molecule has 1 heterocycles. The summed E-state index contributed by atoms with van der Waals surface area (Å²) >= 11 is 11.6. The molecule has 0 atom stereocenters. The molecule has 0 bridgehead atoms. The van der Waals surface area contributed by atoms with E-state index in [0.29, 0.717) is 5.56 Å². The van der Waals surface area contributed by atoms with E-state index < -0.39 is 0 Å². The molecule has 0 aliphatic rings. The minimum Gasteiger partial charge on any atom is -0.321 e. The van der Waals surface area contributed by atoms with Gasteiger partial charge in [-0.25, -0.2) is 4.98 Å². The Bertz CT molecular complexity index is 661. The topological polar surface area (TPSA) is 42.0 Å². The molecule has 1 aromatic carbocycles. The summed E-state index contributed by atoms with van der Waals surface area (Å²) in [6.45, 7) is 5.94. The van der Waals surface area contributed by atoms with Crippen LogP contribution in [0.15, 0.2) is 24.4 Å². The molecule has 0 unspecified atom stereocenters. The van der Waals surface area contributed by atoms with Crippen LogP contribution in [0, 0.1) is 20.8 Å². The maximum Gasteiger partial charge on any atom is 0.257 e. The van der Waals surface area contributed by atoms with E-state index in [0.717, 1.165) is 22.4 Å². The lowest BCUT2D eigenvalue weighted by atomic mass is 10.0. The molecular formula is C15H14Cl2N2O. The minimum atomic E-state index is -0.258. The lowest BCUT2D eigenvalue weighted by Gasteiger charge is -2.13. The number of rotatable bonds is 2. The van der Waals surface area contributed by atoms with E-state index in [4.69, 9.17) is 23.2 Å². The van der Waals surface area contributed by atoms with Crippen LogP contribution in [0.2, 0.25) is 10.2 Å². The molecule has 20 heavy (non-hydrogen) atoms. The van der Waals surface area contributed by atoms with Crippen LogP contribution in [0.4, 0.5) is 5.69 Å². The molecule has 0 spiro atoms. The second-order valence-corrected chi connectivity index (χ2v) is 5.49. The van der Waals surface area contributed by atoms with Crippen molar-refractivity contribution in [2.45, 2.75) is 20.8 Å². The molecule has 0 saturated carbocycles. The third-order valence-corrected chi connectivity index (χ3v) is 3.66. The predicted molar refractivity (Wildman–Crippen MR) is 82.9 cm³/mol. The van der Waals surface area contributed by atoms with Crippen LogP contribution in [0.3, 0.4) is 0 Å². The van der Waals surface area contributed by atoms with Crippen molar-refractivity contribution in [3.05, 3.63) is 56.8 Å². The maximum absolute atomic E-state index is 12.2. The van der Waals surface area contributed by atoms with Crippen molar-refractivity contribution in [2.75, 3.05) is 5.32 Å². The number of amides is 1. The van der Waals surface area contributed by atoms with Crippen molar-refractivity contribution in [1.29, 1.82) is 0 Å². The van der Waals surface area contributed by atoms with Gasteiger partial charge < -0.3 is 5.32 Å². The van der Waals surface area contributed by atoms with Crippen molar-refractivity contribution in [3.63, 3.8) is 0 Å². The molecule has 2 rings (SSSR count). The zero-order valence-corrected chi connectivity index (χ0v) is 12.9. The van der Waals surface area contributed by atoms with E-state index in [1.807, 2.05) is 32.9 Å². The largest absolute Gasteiger partial charge is 0.321 e. The standard InChI is InChI=1S/C15H14Cl2N2O/c1-8-4-9(2)13(10(3)5-8)19-15(20)11-6-12(16)14(17)18-7-11/h4-7H,1-3H3,(H,19,20). The van der Waals surface area contributed by atoms with Crippen LogP contribution in [0.5, 0.6) is 0 Å². The Kier molecular flexibility index (Phi) is 4.31. The first kappa shape index (κ1) is 14.8. The number of hydrogen-bond acceptors (Lipinski definition) is 2. The number of carbonyl (C=O) groups is 1. The fourth-order valence-corrected chi connectivity index (χ4v) is 2.38. The van der Waals surface area contributed by atoms with Crippen LogP contribution < -0.4 is 5.32 Å². The Morgan fingerprint density at radius 1 is 1.10 bits per heavy atom. The lowest BCUT2D eigenvalue weighted by molar-refractivity contribution is 0.102. The predicted octanol–water partition coefficient (Wildman–Crippen LogP) is 4.57. The van der Waals surface area contributed by atoms with Gasteiger partial charge in [-0.05, 0) is 38.0 Å². The second kappa shape index (κ2) is 5.81. The molecule has 2 aromatic rings. The van der Waals surface area contributed by atoms with Gasteiger partial charge in [-0.1, -0.05) is 40.9 Å². The van der Waals surface area contributed by atoms with Crippen LogP contribution in [0.1, 0.15) is 27.0 Å². The minimum absolute atomic E-state index is 0.186. The summed E-state index contributed by atoms with van der Waals surface area (Å²) in [5, 5.41) is 3.33. The van der Waals surface area contributed by atoms with Crippen molar-refractivity contribution >= 4 is 34.8 Å². The van der Waals surface area contributed by atoms with Gasteiger partial charge in [0.25, 0.3) is 5.91 Å². The molecule has 1 aromatic heterocycles. The van der Waals surface area contributed by atoms with Crippen molar-refractivity contribution in [1.82, 2.24) is 4.98 Å².